The summed E-state index contributed by atoms with van der Waals surface area (Å²) in [6.07, 6.45) is 5.09. The van der Waals surface area contributed by atoms with Crippen LogP contribution in [0.3, 0.4) is 0 Å². The van der Waals surface area contributed by atoms with Gasteiger partial charge in [-0.3, -0.25) is 0 Å². The molecule has 3 nitrogen and oxygen atoms in total. The highest BCUT2D eigenvalue weighted by atomic mass is 16.6. The van der Waals surface area contributed by atoms with E-state index in [4.69, 9.17) is 5.90 Å². The number of nitrogens with two attached hydrogens (primary N) is 1. The predicted octanol–water partition coefficient (Wildman–Crippen LogP) is 0.751. The molecule has 1 aliphatic rings. The monoisotopic (exact) mass is 158 g/mol. The summed E-state index contributed by atoms with van der Waals surface area (Å²) in [5, 5.41) is 0. The van der Waals surface area contributed by atoms with Gasteiger partial charge >= 0.3 is 0 Å². The molecule has 1 atom stereocenters. The Morgan fingerprint density at radius 2 is 2.36 bits per heavy atom. The van der Waals surface area contributed by atoms with Crippen LogP contribution in [0.25, 0.3) is 0 Å². The molecule has 0 bridgehead atoms. The highest BCUT2D eigenvalue weighted by Gasteiger charge is 2.17. The van der Waals surface area contributed by atoms with Gasteiger partial charge in [-0.2, -0.15) is 0 Å². The molecule has 66 valence electrons. The lowest BCUT2D eigenvalue weighted by Crippen LogP contribution is -2.37. The first kappa shape index (κ1) is 8.97. The van der Waals surface area contributed by atoms with Crippen LogP contribution >= 0.6 is 0 Å². The molecule has 0 spiro atoms. The van der Waals surface area contributed by atoms with Gasteiger partial charge in [-0.15, -0.1) is 0 Å². The molecule has 1 saturated heterocycles. The smallest absolute Gasteiger partial charge is 0.0694 e. The molecule has 0 unspecified atom stereocenters. The van der Waals surface area contributed by atoms with E-state index in [2.05, 4.69) is 16.8 Å². The molecule has 3 heteroatoms. The van der Waals surface area contributed by atoms with Gasteiger partial charge in [0.05, 0.1) is 6.61 Å². The van der Waals surface area contributed by atoms with Crippen LogP contribution in [-0.4, -0.2) is 31.1 Å². The number of hydrogen-bond acceptors (Lipinski definition) is 3. The van der Waals surface area contributed by atoms with Crippen molar-refractivity contribution in [2.75, 3.05) is 20.2 Å². The highest BCUT2D eigenvalue weighted by molar-refractivity contribution is 4.73. The van der Waals surface area contributed by atoms with Crippen molar-refractivity contribution in [3.8, 4) is 0 Å². The lowest BCUT2D eigenvalue weighted by molar-refractivity contribution is 0.0932. The molecule has 1 heterocycles. The second kappa shape index (κ2) is 4.70. The molecule has 0 aromatic heterocycles. The van der Waals surface area contributed by atoms with E-state index in [0.717, 1.165) is 6.42 Å². The Morgan fingerprint density at radius 1 is 1.55 bits per heavy atom. The number of hydrogen-bond donors (Lipinski definition) is 1. The third-order valence-electron chi connectivity index (χ3n) is 2.49. The Morgan fingerprint density at radius 3 is 3.00 bits per heavy atom. The summed E-state index contributed by atoms with van der Waals surface area (Å²) in [4.78, 5) is 6.97. The maximum Gasteiger partial charge on any atom is 0.0694 e. The van der Waals surface area contributed by atoms with Crippen LogP contribution < -0.4 is 5.90 Å². The maximum absolute atomic E-state index is 4.97. The number of piperidine rings is 1. The van der Waals surface area contributed by atoms with Crippen molar-refractivity contribution in [1.82, 2.24) is 4.90 Å². The second-order valence-electron chi connectivity index (χ2n) is 3.29. The minimum Gasteiger partial charge on any atom is -0.305 e. The third kappa shape index (κ3) is 2.77. The Hall–Kier alpha value is -0.120. The number of likely N-dealkylation sites (tertiary alicyclic amines) is 1. The average molecular weight is 158 g/mol. The summed E-state index contributed by atoms with van der Waals surface area (Å²) < 4.78 is 0. The SMILES string of the molecule is CN1CCCC[C@@H]1CCON. The van der Waals surface area contributed by atoms with E-state index in [1.54, 1.807) is 0 Å². The average Bonchev–Trinajstić information content (AvgIpc) is 2.03. The topological polar surface area (TPSA) is 38.5 Å². The first-order chi connectivity index (χ1) is 5.34. The van der Waals surface area contributed by atoms with Crippen molar-refractivity contribution in [2.24, 2.45) is 5.90 Å². The molecular weight excluding hydrogens is 140 g/mol. The van der Waals surface area contributed by atoms with Gasteiger partial charge in [0.1, 0.15) is 0 Å². The number of rotatable bonds is 3. The predicted molar refractivity (Wildman–Crippen MR) is 45.0 cm³/mol. The van der Waals surface area contributed by atoms with Gasteiger partial charge in [0, 0.05) is 6.04 Å². The molecule has 0 amide bonds. The minimum atomic E-state index is 0.689. The van der Waals surface area contributed by atoms with Gasteiger partial charge in [-0.1, -0.05) is 6.42 Å². The second-order valence-corrected chi connectivity index (χ2v) is 3.29. The van der Waals surface area contributed by atoms with Crippen molar-refractivity contribution in [3.63, 3.8) is 0 Å². The molecule has 1 rings (SSSR count). The van der Waals surface area contributed by atoms with Crippen molar-refractivity contribution in [3.05, 3.63) is 0 Å². The third-order valence-corrected chi connectivity index (χ3v) is 2.49. The molecule has 2 N–H and O–H groups in total. The summed E-state index contributed by atoms with van der Waals surface area (Å²) in [6.45, 7) is 1.92. The van der Waals surface area contributed by atoms with Gasteiger partial charge in [0.15, 0.2) is 0 Å². The fourth-order valence-corrected chi connectivity index (χ4v) is 1.71. The first-order valence-corrected chi connectivity index (χ1v) is 4.36. The van der Waals surface area contributed by atoms with Crippen LogP contribution in [0, 0.1) is 0 Å². The van der Waals surface area contributed by atoms with E-state index < -0.39 is 0 Å². The Balaban J connectivity index is 2.18. The molecule has 1 fully saturated rings. The number of nitrogens with zero attached hydrogens (tertiary/aromatic N) is 1. The van der Waals surface area contributed by atoms with Crippen LogP contribution in [0.5, 0.6) is 0 Å². The van der Waals surface area contributed by atoms with E-state index in [9.17, 15) is 0 Å². The van der Waals surface area contributed by atoms with Crippen LogP contribution in [0.4, 0.5) is 0 Å². The van der Waals surface area contributed by atoms with Crippen molar-refractivity contribution in [2.45, 2.75) is 31.7 Å². The summed E-state index contributed by atoms with van der Waals surface area (Å²) in [5.41, 5.74) is 0. The minimum absolute atomic E-state index is 0.689. The normalized spacial score (nSPS) is 27.3. The molecule has 11 heavy (non-hydrogen) atoms. The van der Waals surface area contributed by atoms with Crippen LogP contribution in [0.15, 0.2) is 0 Å². The Labute approximate surface area is 68.5 Å². The molecule has 1 aliphatic heterocycles. The quantitative estimate of drug-likeness (QED) is 0.616. The largest absolute Gasteiger partial charge is 0.305 e. The summed E-state index contributed by atoms with van der Waals surface area (Å²) in [6, 6.07) is 0.701. The Bertz CT molecular complexity index is 108. The van der Waals surface area contributed by atoms with Crippen LogP contribution in [0.2, 0.25) is 0 Å². The van der Waals surface area contributed by atoms with Crippen molar-refractivity contribution >= 4 is 0 Å². The zero-order valence-electron chi connectivity index (χ0n) is 7.25. The lowest BCUT2D eigenvalue weighted by Gasteiger charge is -2.32. The molecule has 0 saturated carbocycles. The van der Waals surface area contributed by atoms with Gasteiger partial charge < -0.3 is 9.74 Å². The molecule has 0 aromatic rings. The van der Waals surface area contributed by atoms with Gasteiger partial charge in [0.25, 0.3) is 0 Å². The lowest BCUT2D eigenvalue weighted by atomic mass is 10.0. The summed E-state index contributed by atoms with van der Waals surface area (Å²) in [7, 11) is 2.18. The van der Waals surface area contributed by atoms with E-state index in [0.29, 0.717) is 12.6 Å². The summed E-state index contributed by atoms with van der Waals surface area (Å²) in [5.74, 6) is 4.97. The van der Waals surface area contributed by atoms with Crippen LogP contribution in [-0.2, 0) is 4.84 Å². The standard InChI is InChI=1S/C8H18N2O/c1-10-6-3-2-4-8(10)5-7-11-9/h8H,2-7,9H2,1H3/t8-/m1/s1. The molecule has 0 aromatic carbocycles. The zero-order valence-corrected chi connectivity index (χ0v) is 7.25. The van der Waals surface area contributed by atoms with Gasteiger partial charge in [-0.25, -0.2) is 5.90 Å². The van der Waals surface area contributed by atoms with Crippen LogP contribution in [0.1, 0.15) is 25.7 Å². The summed E-state index contributed by atoms with van der Waals surface area (Å²) >= 11 is 0. The molecule has 0 radical (unpaired) electrons. The van der Waals surface area contributed by atoms with E-state index in [1.165, 1.54) is 25.8 Å². The fraction of sp³-hybridized carbons (Fsp3) is 1.00. The highest BCUT2D eigenvalue weighted by Crippen LogP contribution is 2.17. The van der Waals surface area contributed by atoms with Gasteiger partial charge in [-0.05, 0) is 32.9 Å². The van der Waals surface area contributed by atoms with Crippen molar-refractivity contribution < 1.29 is 4.84 Å². The van der Waals surface area contributed by atoms with E-state index in [-0.39, 0.29) is 0 Å². The van der Waals surface area contributed by atoms with Crippen molar-refractivity contribution in [1.29, 1.82) is 0 Å². The van der Waals surface area contributed by atoms with E-state index in [1.807, 2.05) is 0 Å². The molecule has 0 aliphatic carbocycles. The fourth-order valence-electron chi connectivity index (χ4n) is 1.71. The van der Waals surface area contributed by atoms with Gasteiger partial charge in [0.2, 0.25) is 0 Å². The maximum atomic E-state index is 4.97. The Kier molecular flexibility index (Phi) is 3.83. The van der Waals surface area contributed by atoms with E-state index >= 15 is 0 Å². The zero-order chi connectivity index (χ0) is 8.10. The molecular formula is C8H18N2O. The first-order valence-electron chi connectivity index (χ1n) is 4.36.